The fraction of sp³-hybridized carbons (Fsp3) is 0.385. The van der Waals surface area contributed by atoms with Crippen LogP contribution in [0.25, 0.3) is 0 Å². The van der Waals surface area contributed by atoms with Crippen molar-refractivity contribution in [2.45, 2.75) is 25.9 Å². The van der Waals surface area contributed by atoms with Crippen LogP contribution >= 0.6 is 0 Å². The van der Waals surface area contributed by atoms with E-state index in [1.807, 2.05) is 6.07 Å². The Morgan fingerprint density at radius 3 is 2.89 bits per heavy atom. The lowest BCUT2D eigenvalue weighted by Gasteiger charge is -2.11. The Balaban J connectivity index is 2.21. The van der Waals surface area contributed by atoms with Crippen molar-refractivity contribution in [1.82, 2.24) is 0 Å². The number of hydrogen-bond acceptors (Lipinski definition) is 5. The molecular weight excluding hydrogens is 236 g/mol. The molecule has 0 aromatic heterocycles. The van der Waals surface area contributed by atoms with Crippen molar-refractivity contribution in [2.75, 3.05) is 7.11 Å². The average Bonchev–Trinajstić information content (AvgIpc) is 2.48. The monoisotopic (exact) mass is 250 g/mol. The molecule has 1 heterocycles. The summed E-state index contributed by atoms with van der Waals surface area (Å²) in [4.78, 5) is 22.6. The summed E-state index contributed by atoms with van der Waals surface area (Å²) in [6.45, 7) is 1.27. The number of methoxy groups -OCH3 is 1. The van der Waals surface area contributed by atoms with Gasteiger partial charge >= 0.3 is 11.9 Å². The number of hydrogen-bond donors (Lipinski definition) is 0. The summed E-state index contributed by atoms with van der Waals surface area (Å²) in [5.41, 5.74) is 0.873. The van der Waals surface area contributed by atoms with Crippen LogP contribution in [0.5, 0.6) is 11.5 Å². The van der Waals surface area contributed by atoms with E-state index >= 15 is 0 Å². The highest BCUT2D eigenvalue weighted by Gasteiger charge is 2.28. The molecule has 18 heavy (non-hydrogen) atoms. The van der Waals surface area contributed by atoms with Crippen molar-refractivity contribution >= 4 is 11.9 Å². The smallest absolute Gasteiger partial charge is 0.352 e. The van der Waals surface area contributed by atoms with Gasteiger partial charge in [0.05, 0.1) is 7.11 Å². The van der Waals surface area contributed by atoms with E-state index in [0.29, 0.717) is 24.3 Å². The molecule has 1 aliphatic rings. The number of benzene rings is 1. The Bertz CT molecular complexity index is 480. The average molecular weight is 250 g/mol. The Kier molecular flexibility index (Phi) is 3.50. The second kappa shape index (κ2) is 5.08. The number of ether oxygens (including phenoxy) is 3. The molecule has 0 spiro atoms. The second-order valence-electron chi connectivity index (χ2n) is 4.03. The summed E-state index contributed by atoms with van der Waals surface area (Å²) >= 11 is 0. The zero-order chi connectivity index (χ0) is 13.1. The van der Waals surface area contributed by atoms with Gasteiger partial charge in [-0.1, -0.05) is 0 Å². The summed E-state index contributed by atoms with van der Waals surface area (Å²) in [6, 6.07) is 5.22. The predicted octanol–water partition coefficient (Wildman–Crippen LogP) is 1.48. The molecule has 0 fully saturated rings. The van der Waals surface area contributed by atoms with E-state index in [0.717, 1.165) is 5.56 Å². The van der Waals surface area contributed by atoms with E-state index in [1.54, 1.807) is 19.2 Å². The van der Waals surface area contributed by atoms with E-state index in [9.17, 15) is 9.59 Å². The largest absolute Gasteiger partial charge is 0.497 e. The van der Waals surface area contributed by atoms with E-state index in [-0.39, 0.29) is 0 Å². The van der Waals surface area contributed by atoms with Gasteiger partial charge in [-0.3, -0.25) is 4.79 Å². The molecule has 5 nitrogen and oxygen atoms in total. The summed E-state index contributed by atoms with van der Waals surface area (Å²) < 4.78 is 15.2. The standard InChI is InChI=1S/C13H14O5/c1-8(14)17-12-5-3-9-7-10(16-2)4-6-11(9)18-13(12)15/h4,6-7,12H,3,5H2,1-2H3. The zero-order valence-corrected chi connectivity index (χ0v) is 10.3. The first-order valence-corrected chi connectivity index (χ1v) is 5.66. The molecule has 1 aliphatic heterocycles. The van der Waals surface area contributed by atoms with Gasteiger partial charge in [-0.05, 0) is 36.6 Å². The Hall–Kier alpha value is -2.04. The van der Waals surface area contributed by atoms with Gasteiger partial charge in [0.15, 0.2) is 6.10 Å². The zero-order valence-electron chi connectivity index (χ0n) is 10.3. The minimum Gasteiger partial charge on any atom is -0.497 e. The molecule has 0 saturated carbocycles. The highest BCUT2D eigenvalue weighted by Crippen LogP contribution is 2.29. The number of carbonyl (C=O) groups is 2. The lowest BCUT2D eigenvalue weighted by Crippen LogP contribution is -2.29. The van der Waals surface area contributed by atoms with Crippen LogP contribution < -0.4 is 9.47 Å². The highest BCUT2D eigenvalue weighted by molar-refractivity contribution is 5.81. The summed E-state index contributed by atoms with van der Waals surface area (Å²) in [6.07, 6.45) is 0.176. The molecule has 0 saturated heterocycles. The minimum absolute atomic E-state index is 0.415. The van der Waals surface area contributed by atoms with Crippen molar-refractivity contribution in [3.05, 3.63) is 23.8 Å². The van der Waals surface area contributed by atoms with Gasteiger partial charge < -0.3 is 14.2 Å². The topological polar surface area (TPSA) is 61.8 Å². The van der Waals surface area contributed by atoms with Crippen LogP contribution in [0, 0.1) is 0 Å². The molecule has 5 heteroatoms. The third-order valence-electron chi connectivity index (χ3n) is 2.73. The third kappa shape index (κ3) is 2.61. The van der Waals surface area contributed by atoms with E-state index in [2.05, 4.69) is 0 Å². The molecule has 2 rings (SSSR count). The van der Waals surface area contributed by atoms with Crippen molar-refractivity contribution in [3.8, 4) is 11.5 Å². The number of aryl methyl sites for hydroxylation is 1. The third-order valence-corrected chi connectivity index (χ3v) is 2.73. The predicted molar refractivity (Wildman–Crippen MR) is 62.5 cm³/mol. The van der Waals surface area contributed by atoms with Crippen LogP contribution in [0.2, 0.25) is 0 Å². The van der Waals surface area contributed by atoms with Crippen molar-refractivity contribution in [1.29, 1.82) is 0 Å². The number of carbonyl (C=O) groups excluding carboxylic acids is 2. The molecule has 1 aromatic carbocycles. The van der Waals surface area contributed by atoms with Gasteiger partial charge in [-0.25, -0.2) is 4.79 Å². The first-order chi connectivity index (χ1) is 8.60. The number of fused-ring (bicyclic) bond motifs is 1. The Morgan fingerprint density at radius 1 is 1.44 bits per heavy atom. The van der Waals surface area contributed by atoms with E-state index in [4.69, 9.17) is 14.2 Å². The molecule has 0 aliphatic carbocycles. The van der Waals surface area contributed by atoms with Gasteiger partial charge in [0.2, 0.25) is 0 Å². The number of esters is 2. The highest BCUT2D eigenvalue weighted by atomic mass is 16.6. The maximum atomic E-state index is 11.7. The molecule has 96 valence electrons. The van der Waals surface area contributed by atoms with Gasteiger partial charge in [0.1, 0.15) is 11.5 Å². The van der Waals surface area contributed by atoms with Crippen LogP contribution in [-0.4, -0.2) is 25.2 Å². The Labute approximate surface area is 105 Å². The molecule has 0 bridgehead atoms. The normalized spacial score (nSPS) is 18.3. The van der Waals surface area contributed by atoms with Crippen LogP contribution in [0.15, 0.2) is 18.2 Å². The van der Waals surface area contributed by atoms with Crippen LogP contribution in [0.1, 0.15) is 18.9 Å². The van der Waals surface area contributed by atoms with Crippen molar-refractivity contribution in [2.24, 2.45) is 0 Å². The van der Waals surface area contributed by atoms with Crippen LogP contribution in [-0.2, 0) is 20.7 Å². The van der Waals surface area contributed by atoms with Gasteiger partial charge in [0.25, 0.3) is 0 Å². The number of rotatable bonds is 2. The maximum absolute atomic E-state index is 11.7. The van der Waals surface area contributed by atoms with Gasteiger partial charge in [-0.2, -0.15) is 0 Å². The first kappa shape index (κ1) is 12.4. The molecular formula is C13H14O5. The van der Waals surface area contributed by atoms with Crippen LogP contribution in [0.4, 0.5) is 0 Å². The SMILES string of the molecule is COc1ccc2c(c1)CCC(OC(C)=O)C(=O)O2. The maximum Gasteiger partial charge on any atom is 0.352 e. The van der Waals surface area contributed by atoms with Gasteiger partial charge in [0, 0.05) is 6.92 Å². The summed E-state index contributed by atoms with van der Waals surface area (Å²) in [5.74, 6) is 0.181. The molecule has 1 atom stereocenters. The fourth-order valence-corrected chi connectivity index (χ4v) is 1.86. The minimum atomic E-state index is -0.833. The molecule has 0 radical (unpaired) electrons. The second-order valence-corrected chi connectivity index (χ2v) is 4.03. The Morgan fingerprint density at radius 2 is 2.22 bits per heavy atom. The first-order valence-electron chi connectivity index (χ1n) is 5.66. The van der Waals surface area contributed by atoms with Crippen molar-refractivity contribution < 1.29 is 23.8 Å². The molecule has 0 amide bonds. The van der Waals surface area contributed by atoms with E-state index < -0.39 is 18.0 Å². The molecule has 0 N–H and O–H groups in total. The quantitative estimate of drug-likeness (QED) is 0.587. The van der Waals surface area contributed by atoms with Gasteiger partial charge in [-0.15, -0.1) is 0 Å². The fourth-order valence-electron chi connectivity index (χ4n) is 1.86. The van der Waals surface area contributed by atoms with Crippen molar-refractivity contribution in [3.63, 3.8) is 0 Å². The molecule has 1 aromatic rings. The molecule has 1 unspecified atom stereocenters. The van der Waals surface area contributed by atoms with Crippen LogP contribution in [0.3, 0.4) is 0 Å². The lowest BCUT2D eigenvalue weighted by molar-refractivity contribution is -0.160. The lowest BCUT2D eigenvalue weighted by atomic mass is 10.1. The summed E-state index contributed by atoms with van der Waals surface area (Å²) in [7, 11) is 1.58. The summed E-state index contributed by atoms with van der Waals surface area (Å²) in [5, 5.41) is 0. The van der Waals surface area contributed by atoms with E-state index in [1.165, 1.54) is 6.92 Å².